The van der Waals surface area contributed by atoms with Crippen molar-refractivity contribution in [3.8, 4) is 16.2 Å². The number of carbonyl (C=O) groups excluding carboxylic acids is 1. The van der Waals surface area contributed by atoms with E-state index in [0.29, 0.717) is 11.5 Å². The van der Waals surface area contributed by atoms with E-state index in [4.69, 9.17) is 9.84 Å². The van der Waals surface area contributed by atoms with E-state index in [1.54, 1.807) is 6.07 Å². The van der Waals surface area contributed by atoms with Crippen LogP contribution in [0.5, 0.6) is 5.75 Å². The Bertz CT molecular complexity index is 781. The molecule has 1 aliphatic heterocycles. The van der Waals surface area contributed by atoms with Gasteiger partial charge in [-0.1, -0.05) is 0 Å². The number of rotatable bonds is 4. The molecule has 0 atom stereocenters. The minimum atomic E-state index is -1.02. The maximum Gasteiger partial charge on any atom is 0.323 e. The molecule has 0 bridgehead atoms. The third-order valence-electron chi connectivity index (χ3n) is 3.97. The molecule has 6 heteroatoms. The van der Waals surface area contributed by atoms with Gasteiger partial charge in [-0.3, -0.25) is 9.59 Å². The van der Waals surface area contributed by atoms with Gasteiger partial charge in [0.1, 0.15) is 12.3 Å². The number of hydrogen-bond donors (Lipinski definition) is 1. The summed E-state index contributed by atoms with van der Waals surface area (Å²) in [4.78, 5) is 25.7. The van der Waals surface area contributed by atoms with E-state index in [1.165, 1.54) is 34.4 Å². The molecule has 2 heterocycles. The number of carbonyl (C=O) groups is 2. The standard InChI is InChI=1S/C17H17NO4S/c1-10-11-7-8-22-13(11)4-3-12(10)14-5-6-15(23-14)17(21)18(2)9-16(19)20/h3-6H,7-9H2,1-2H3,(H,19,20). The molecule has 0 radical (unpaired) electrons. The van der Waals surface area contributed by atoms with Crippen molar-refractivity contribution in [2.45, 2.75) is 13.3 Å². The Morgan fingerprint density at radius 3 is 2.83 bits per heavy atom. The number of carboxylic acids is 1. The highest BCUT2D eigenvalue weighted by Gasteiger charge is 2.20. The molecule has 1 N–H and O–H groups in total. The highest BCUT2D eigenvalue weighted by atomic mass is 32.1. The molecule has 0 saturated carbocycles. The first kappa shape index (κ1) is 15.6. The fraction of sp³-hybridized carbons (Fsp3) is 0.294. The van der Waals surface area contributed by atoms with Gasteiger partial charge in [0.15, 0.2) is 0 Å². The molecule has 23 heavy (non-hydrogen) atoms. The van der Waals surface area contributed by atoms with E-state index in [9.17, 15) is 9.59 Å². The van der Waals surface area contributed by atoms with Crippen molar-refractivity contribution >= 4 is 23.2 Å². The molecule has 0 fully saturated rings. The number of nitrogens with zero attached hydrogens (tertiary/aromatic N) is 1. The van der Waals surface area contributed by atoms with Crippen molar-refractivity contribution in [2.24, 2.45) is 0 Å². The molecule has 2 aromatic rings. The molecule has 120 valence electrons. The fourth-order valence-corrected chi connectivity index (χ4v) is 3.85. The third-order valence-corrected chi connectivity index (χ3v) is 5.07. The van der Waals surface area contributed by atoms with E-state index in [-0.39, 0.29) is 12.5 Å². The molecule has 0 saturated heterocycles. The Labute approximate surface area is 138 Å². The second-order valence-corrected chi connectivity index (χ2v) is 6.62. The molecular formula is C17H17NO4S. The summed E-state index contributed by atoms with van der Waals surface area (Å²) in [6, 6.07) is 7.66. The Morgan fingerprint density at radius 1 is 1.30 bits per heavy atom. The van der Waals surface area contributed by atoms with E-state index in [1.807, 2.05) is 18.2 Å². The van der Waals surface area contributed by atoms with E-state index in [2.05, 4.69) is 6.92 Å². The maximum atomic E-state index is 12.2. The van der Waals surface area contributed by atoms with E-state index >= 15 is 0 Å². The minimum absolute atomic E-state index is 0.272. The summed E-state index contributed by atoms with van der Waals surface area (Å²) in [5.74, 6) is -0.349. The van der Waals surface area contributed by atoms with Crippen LogP contribution in [0.1, 0.15) is 20.8 Å². The van der Waals surface area contributed by atoms with Crippen LogP contribution in [0, 0.1) is 6.92 Å². The van der Waals surface area contributed by atoms with Crippen molar-refractivity contribution in [1.29, 1.82) is 0 Å². The Balaban J connectivity index is 1.88. The smallest absolute Gasteiger partial charge is 0.323 e. The van der Waals surface area contributed by atoms with Crippen LogP contribution in [0.15, 0.2) is 24.3 Å². The third kappa shape index (κ3) is 2.94. The Hall–Kier alpha value is -2.34. The molecule has 0 unspecified atom stereocenters. The molecule has 1 aromatic heterocycles. The lowest BCUT2D eigenvalue weighted by molar-refractivity contribution is -0.137. The van der Waals surface area contributed by atoms with Crippen LogP contribution in [0.25, 0.3) is 10.4 Å². The largest absolute Gasteiger partial charge is 0.493 e. The zero-order chi connectivity index (χ0) is 16.6. The summed E-state index contributed by atoms with van der Waals surface area (Å²) < 4.78 is 5.57. The van der Waals surface area contributed by atoms with Crippen LogP contribution in [0.2, 0.25) is 0 Å². The van der Waals surface area contributed by atoms with Gasteiger partial charge in [0.25, 0.3) is 5.91 Å². The molecule has 1 aromatic carbocycles. The van der Waals surface area contributed by atoms with Gasteiger partial charge in [-0.05, 0) is 42.3 Å². The van der Waals surface area contributed by atoms with Crippen LogP contribution in [-0.2, 0) is 11.2 Å². The van der Waals surface area contributed by atoms with Crippen LogP contribution >= 0.6 is 11.3 Å². The molecule has 5 nitrogen and oxygen atoms in total. The molecular weight excluding hydrogens is 314 g/mol. The van der Waals surface area contributed by atoms with Crippen molar-refractivity contribution < 1.29 is 19.4 Å². The first-order chi connectivity index (χ1) is 11.0. The lowest BCUT2D eigenvalue weighted by atomic mass is 9.99. The van der Waals surface area contributed by atoms with Gasteiger partial charge < -0.3 is 14.7 Å². The zero-order valence-corrected chi connectivity index (χ0v) is 13.8. The second-order valence-electron chi connectivity index (χ2n) is 5.53. The topological polar surface area (TPSA) is 66.8 Å². The molecule has 1 aliphatic rings. The number of carboxylic acid groups (broad SMARTS) is 1. The van der Waals surface area contributed by atoms with E-state index in [0.717, 1.165) is 22.6 Å². The molecule has 0 spiro atoms. The molecule has 3 rings (SSSR count). The first-order valence-corrected chi connectivity index (χ1v) is 8.11. The second kappa shape index (κ2) is 6.04. The SMILES string of the molecule is Cc1c(-c2ccc(C(=O)N(C)CC(=O)O)s2)ccc2c1CCO2. The van der Waals surface area contributed by atoms with Crippen LogP contribution in [0.4, 0.5) is 0 Å². The van der Waals surface area contributed by atoms with Crippen molar-refractivity contribution in [3.05, 3.63) is 40.3 Å². The number of fused-ring (bicyclic) bond motifs is 1. The minimum Gasteiger partial charge on any atom is -0.493 e. The van der Waals surface area contributed by atoms with Gasteiger partial charge in [-0.25, -0.2) is 0 Å². The number of benzene rings is 1. The number of thiophene rings is 1. The van der Waals surface area contributed by atoms with Crippen molar-refractivity contribution in [1.82, 2.24) is 4.90 Å². The highest BCUT2D eigenvalue weighted by molar-refractivity contribution is 7.17. The highest BCUT2D eigenvalue weighted by Crippen LogP contribution is 2.37. The molecule has 0 aliphatic carbocycles. The van der Waals surface area contributed by atoms with Crippen LogP contribution < -0.4 is 4.74 Å². The van der Waals surface area contributed by atoms with Gasteiger partial charge in [-0.2, -0.15) is 0 Å². The van der Waals surface area contributed by atoms with Gasteiger partial charge in [0.2, 0.25) is 0 Å². The maximum absolute atomic E-state index is 12.2. The monoisotopic (exact) mass is 331 g/mol. The summed E-state index contributed by atoms with van der Waals surface area (Å²) in [5.41, 5.74) is 3.51. The quantitative estimate of drug-likeness (QED) is 0.935. The van der Waals surface area contributed by atoms with Crippen LogP contribution in [-0.4, -0.2) is 42.1 Å². The number of aliphatic carboxylic acids is 1. The fourth-order valence-electron chi connectivity index (χ4n) is 2.77. The van der Waals surface area contributed by atoms with Crippen molar-refractivity contribution in [2.75, 3.05) is 20.2 Å². The lowest BCUT2D eigenvalue weighted by Crippen LogP contribution is -2.31. The van der Waals surface area contributed by atoms with E-state index < -0.39 is 5.97 Å². The number of amides is 1. The lowest BCUT2D eigenvalue weighted by Gasteiger charge is -2.12. The number of likely N-dealkylation sites (N-methyl/N-ethyl adjacent to an activating group) is 1. The van der Waals surface area contributed by atoms with Gasteiger partial charge in [0, 0.05) is 23.9 Å². The molecule has 1 amide bonds. The normalized spacial score (nSPS) is 12.6. The summed E-state index contributed by atoms with van der Waals surface area (Å²) in [7, 11) is 1.49. The predicted octanol–water partition coefficient (Wildman–Crippen LogP) is 2.82. The van der Waals surface area contributed by atoms with Crippen molar-refractivity contribution in [3.63, 3.8) is 0 Å². The summed E-state index contributed by atoms with van der Waals surface area (Å²) in [6.07, 6.45) is 0.910. The summed E-state index contributed by atoms with van der Waals surface area (Å²) in [5, 5.41) is 8.79. The zero-order valence-electron chi connectivity index (χ0n) is 13.0. The number of ether oxygens (including phenoxy) is 1. The number of hydrogen-bond acceptors (Lipinski definition) is 4. The first-order valence-electron chi connectivity index (χ1n) is 7.30. The van der Waals surface area contributed by atoms with Gasteiger partial charge in [-0.15, -0.1) is 11.3 Å². The average molecular weight is 331 g/mol. The Kier molecular flexibility index (Phi) is 4.09. The summed E-state index contributed by atoms with van der Waals surface area (Å²) >= 11 is 1.38. The average Bonchev–Trinajstić information content (AvgIpc) is 3.15. The van der Waals surface area contributed by atoms with Crippen LogP contribution in [0.3, 0.4) is 0 Å². The predicted molar refractivity (Wildman–Crippen MR) is 88.3 cm³/mol. The van der Waals surface area contributed by atoms with Gasteiger partial charge in [0.05, 0.1) is 11.5 Å². The van der Waals surface area contributed by atoms with Gasteiger partial charge >= 0.3 is 5.97 Å². The Morgan fingerprint density at radius 2 is 2.09 bits per heavy atom. The summed E-state index contributed by atoms with van der Waals surface area (Å²) in [6.45, 7) is 2.48.